The fourth-order valence-electron chi connectivity index (χ4n) is 1.61. The molecule has 0 bridgehead atoms. The molecule has 2 N–H and O–H groups in total. The van der Waals surface area contributed by atoms with E-state index in [4.69, 9.17) is 5.11 Å². The Labute approximate surface area is 89.1 Å². The molecule has 0 amide bonds. The van der Waals surface area contributed by atoms with Gasteiger partial charge in [0.05, 0.1) is 6.61 Å². The Morgan fingerprint density at radius 3 is 2.21 bits per heavy atom. The van der Waals surface area contributed by atoms with E-state index in [9.17, 15) is 0 Å². The van der Waals surface area contributed by atoms with Crippen molar-refractivity contribution in [2.45, 2.75) is 65.5 Å². The number of rotatable bonds is 8. The third kappa shape index (κ3) is 6.39. The normalized spacial score (nSPS) is 15.9. The van der Waals surface area contributed by atoms with Crippen LogP contribution >= 0.6 is 0 Å². The maximum Gasteiger partial charge on any atom is 0.0587 e. The molecular weight excluding hydrogens is 174 g/mol. The molecular formula is C12H27NO. The number of aliphatic hydroxyl groups is 1. The van der Waals surface area contributed by atoms with E-state index in [1.165, 1.54) is 25.7 Å². The number of nitrogens with one attached hydrogen (secondary N) is 1. The molecule has 14 heavy (non-hydrogen) atoms. The Morgan fingerprint density at radius 1 is 1.14 bits per heavy atom. The van der Waals surface area contributed by atoms with Crippen molar-refractivity contribution in [2.75, 3.05) is 6.61 Å². The summed E-state index contributed by atoms with van der Waals surface area (Å²) in [6, 6.07) is 0.785. The number of unbranched alkanes of at least 4 members (excludes halogenated alkanes) is 2. The van der Waals surface area contributed by atoms with E-state index < -0.39 is 0 Å². The van der Waals surface area contributed by atoms with Crippen molar-refractivity contribution < 1.29 is 5.11 Å². The lowest BCUT2D eigenvalue weighted by molar-refractivity contribution is 0.198. The summed E-state index contributed by atoms with van der Waals surface area (Å²) in [5.74, 6) is 0.508. The second-order valence-corrected chi connectivity index (χ2v) is 4.60. The summed E-state index contributed by atoms with van der Waals surface area (Å²) < 4.78 is 0. The lowest BCUT2D eigenvalue weighted by atomic mass is 10.0. The Kier molecular flexibility index (Phi) is 8.20. The van der Waals surface area contributed by atoms with Gasteiger partial charge in [-0.1, -0.05) is 40.0 Å². The Morgan fingerprint density at radius 2 is 1.79 bits per heavy atom. The van der Waals surface area contributed by atoms with E-state index in [0.29, 0.717) is 12.0 Å². The molecule has 0 saturated carbocycles. The molecule has 0 rings (SSSR count). The highest BCUT2D eigenvalue weighted by molar-refractivity contribution is 4.73. The third-order valence-corrected chi connectivity index (χ3v) is 2.74. The SMILES string of the molecule is CCCCCC(C)NC(CO)C(C)C. The summed E-state index contributed by atoms with van der Waals surface area (Å²) in [5.41, 5.74) is 0. The highest BCUT2D eigenvalue weighted by Gasteiger charge is 2.13. The molecule has 0 aliphatic rings. The van der Waals surface area contributed by atoms with E-state index in [0.717, 1.165) is 0 Å². The maximum atomic E-state index is 9.15. The minimum Gasteiger partial charge on any atom is -0.395 e. The highest BCUT2D eigenvalue weighted by atomic mass is 16.3. The molecule has 2 nitrogen and oxygen atoms in total. The van der Waals surface area contributed by atoms with E-state index in [2.05, 4.69) is 33.0 Å². The van der Waals surface area contributed by atoms with Crippen LogP contribution in [0.2, 0.25) is 0 Å². The topological polar surface area (TPSA) is 32.3 Å². The molecule has 0 aromatic heterocycles. The van der Waals surface area contributed by atoms with Crippen LogP contribution in [-0.4, -0.2) is 23.8 Å². The first-order valence-electron chi connectivity index (χ1n) is 5.98. The molecule has 86 valence electrons. The molecule has 0 aromatic rings. The lowest BCUT2D eigenvalue weighted by Crippen LogP contribution is -2.42. The summed E-state index contributed by atoms with van der Waals surface area (Å²) in [7, 11) is 0. The van der Waals surface area contributed by atoms with E-state index in [1.807, 2.05) is 0 Å². The molecule has 0 saturated heterocycles. The zero-order valence-corrected chi connectivity index (χ0v) is 10.2. The molecule has 0 heterocycles. The summed E-state index contributed by atoms with van der Waals surface area (Å²) >= 11 is 0. The van der Waals surface area contributed by atoms with Gasteiger partial charge in [0.15, 0.2) is 0 Å². The van der Waals surface area contributed by atoms with Gasteiger partial charge in [-0.05, 0) is 19.3 Å². The fraction of sp³-hybridized carbons (Fsp3) is 1.00. The average molecular weight is 201 g/mol. The molecule has 0 fully saturated rings. The van der Waals surface area contributed by atoms with Crippen LogP contribution in [0.4, 0.5) is 0 Å². The predicted octanol–water partition coefficient (Wildman–Crippen LogP) is 2.56. The third-order valence-electron chi connectivity index (χ3n) is 2.74. The first kappa shape index (κ1) is 13.9. The van der Waals surface area contributed by atoms with Gasteiger partial charge in [0, 0.05) is 12.1 Å². The van der Waals surface area contributed by atoms with Crippen molar-refractivity contribution in [3.8, 4) is 0 Å². The summed E-state index contributed by atoms with van der Waals surface area (Å²) in [5, 5.41) is 12.6. The maximum absolute atomic E-state index is 9.15. The first-order chi connectivity index (χ1) is 6.61. The minimum atomic E-state index is 0.246. The van der Waals surface area contributed by atoms with Crippen LogP contribution in [0.25, 0.3) is 0 Å². The predicted molar refractivity (Wildman–Crippen MR) is 62.5 cm³/mol. The number of aliphatic hydroxyl groups excluding tert-OH is 1. The van der Waals surface area contributed by atoms with E-state index in [-0.39, 0.29) is 12.6 Å². The van der Waals surface area contributed by atoms with Crippen LogP contribution in [0, 0.1) is 5.92 Å². The van der Waals surface area contributed by atoms with Crippen molar-refractivity contribution in [3.05, 3.63) is 0 Å². The van der Waals surface area contributed by atoms with Gasteiger partial charge in [0.25, 0.3) is 0 Å². The van der Waals surface area contributed by atoms with E-state index >= 15 is 0 Å². The second-order valence-electron chi connectivity index (χ2n) is 4.60. The molecule has 0 aliphatic carbocycles. The van der Waals surface area contributed by atoms with Crippen molar-refractivity contribution >= 4 is 0 Å². The summed E-state index contributed by atoms with van der Waals surface area (Å²) in [4.78, 5) is 0. The largest absolute Gasteiger partial charge is 0.395 e. The second kappa shape index (κ2) is 8.25. The van der Waals surface area contributed by atoms with Crippen molar-refractivity contribution in [1.29, 1.82) is 0 Å². The van der Waals surface area contributed by atoms with Crippen LogP contribution in [-0.2, 0) is 0 Å². The molecule has 2 unspecified atom stereocenters. The molecule has 0 aromatic carbocycles. The van der Waals surface area contributed by atoms with Crippen molar-refractivity contribution in [1.82, 2.24) is 5.32 Å². The Balaban J connectivity index is 3.62. The molecule has 0 spiro atoms. The van der Waals surface area contributed by atoms with Crippen LogP contribution in [0.5, 0.6) is 0 Å². The smallest absolute Gasteiger partial charge is 0.0587 e. The van der Waals surface area contributed by atoms with Crippen LogP contribution < -0.4 is 5.32 Å². The number of hydrogen-bond donors (Lipinski definition) is 2. The first-order valence-corrected chi connectivity index (χ1v) is 5.98. The van der Waals surface area contributed by atoms with Gasteiger partial charge in [-0.2, -0.15) is 0 Å². The van der Waals surface area contributed by atoms with Crippen LogP contribution in [0.3, 0.4) is 0 Å². The van der Waals surface area contributed by atoms with Gasteiger partial charge in [0.1, 0.15) is 0 Å². The standard InChI is InChI=1S/C12H27NO/c1-5-6-7-8-11(4)13-12(9-14)10(2)3/h10-14H,5-9H2,1-4H3. The molecule has 0 radical (unpaired) electrons. The summed E-state index contributed by atoms with van der Waals surface area (Å²) in [6.07, 6.45) is 5.11. The van der Waals surface area contributed by atoms with Crippen molar-refractivity contribution in [2.24, 2.45) is 5.92 Å². The van der Waals surface area contributed by atoms with Gasteiger partial charge in [-0.15, -0.1) is 0 Å². The zero-order valence-electron chi connectivity index (χ0n) is 10.2. The minimum absolute atomic E-state index is 0.246. The average Bonchev–Trinajstić information content (AvgIpc) is 2.14. The Bertz CT molecular complexity index is 125. The van der Waals surface area contributed by atoms with Crippen LogP contribution in [0.15, 0.2) is 0 Å². The van der Waals surface area contributed by atoms with Gasteiger partial charge in [-0.25, -0.2) is 0 Å². The van der Waals surface area contributed by atoms with E-state index in [1.54, 1.807) is 0 Å². The quantitative estimate of drug-likeness (QED) is 0.592. The molecule has 0 aliphatic heterocycles. The summed E-state index contributed by atoms with van der Waals surface area (Å²) in [6.45, 7) is 8.97. The van der Waals surface area contributed by atoms with Gasteiger partial charge < -0.3 is 10.4 Å². The highest BCUT2D eigenvalue weighted by Crippen LogP contribution is 2.07. The van der Waals surface area contributed by atoms with Gasteiger partial charge in [-0.3, -0.25) is 0 Å². The van der Waals surface area contributed by atoms with Gasteiger partial charge in [0.2, 0.25) is 0 Å². The van der Waals surface area contributed by atoms with Crippen molar-refractivity contribution in [3.63, 3.8) is 0 Å². The fourth-order valence-corrected chi connectivity index (χ4v) is 1.61. The Hall–Kier alpha value is -0.0800. The van der Waals surface area contributed by atoms with Gasteiger partial charge >= 0.3 is 0 Å². The van der Waals surface area contributed by atoms with Crippen LogP contribution in [0.1, 0.15) is 53.4 Å². The lowest BCUT2D eigenvalue weighted by Gasteiger charge is -2.24. The number of hydrogen-bond acceptors (Lipinski definition) is 2. The molecule has 2 heteroatoms. The molecule has 2 atom stereocenters. The monoisotopic (exact) mass is 201 g/mol. The zero-order chi connectivity index (χ0) is 11.0.